The van der Waals surface area contributed by atoms with E-state index in [2.05, 4.69) is 10.2 Å². The number of fused-ring (bicyclic) bond motifs is 1. The topological polar surface area (TPSA) is 70.9 Å². The van der Waals surface area contributed by atoms with E-state index in [0.29, 0.717) is 29.1 Å². The van der Waals surface area contributed by atoms with Crippen LogP contribution in [0.1, 0.15) is 12.0 Å². The summed E-state index contributed by atoms with van der Waals surface area (Å²) in [5, 5.41) is 17.1. The van der Waals surface area contributed by atoms with Crippen molar-refractivity contribution in [3.05, 3.63) is 90.6 Å². The molecule has 0 spiro atoms. The standard InChI is InChI=1S/C27H20F3N3O2/c28-27(29,30)22-15-18(9-10-19(22)17-5-2-1-3-6-17)23-16-24(32-31-23)20-7-4-8-25-21(20)11-13-33(25)14-12-26(34)35/h1-11,13,15-16H,12,14H2,(H,31,32)(H,34,35). The molecule has 0 atom stereocenters. The number of alkyl halides is 3. The Kier molecular flexibility index (Phi) is 5.64. The van der Waals surface area contributed by atoms with E-state index in [0.717, 1.165) is 22.5 Å². The van der Waals surface area contributed by atoms with Crippen LogP contribution in [0.4, 0.5) is 13.2 Å². The molecule has 5 aromatic rings. The number of rotatable bonds is 6. The van der Waals surface area contributed by atoms with E-state index in [4.69, 9.17) is 5.11 Å². The number of aromatic amines is 1. The fraction of sp³-hybridized carbons (Fsp3) is 0.111. The molecule has 0 amide bonds. The molecule has 0 saturated heterocycles. The zero-order chi connectivity index (χ0) is 24.6. The van der Waals surface area contributed by atoms with Gasteiger partial charge in [-0.25, -0.2) is 0 Å². The lowest BCUT2D eigenvalue weighted by molar-refractivity contribution is -0.138. The lowest BCUT2D eigenvalue weighted by Crippen LogP contribution is -2.07. The maximum absolute atomic E-state index is 13.9. The van der Waals surface area contributed by atoms with Crippen LogP contribution in [0.5, 0.6) is 0 Å². The number of nitrogens with zero attached hydrogens (tertiary/aromatic N) is 2. The monoisotopic (exact) mass is 475 g/mol. The molecule has 3 aromatic carbocycles. The first kappa shape index (κ1) is 22.5. The van der Waals surface area contributed by atoms with Gasteiger partial charge in [0.25, 0.3) is 0 Å². The van der Waals surface area contributed by atoms with E-state index in [9.17, 15) is 18.0 Å². The molecule has 2 aromatic heterocycles. The molecule has 5 nitrogen and oxygen atoms in total. The molecular weight excluding hydrogens is 455 g/mol. The highest BCUT2D eigenvalue weighted by Crippen LogP contribution is 2.40. The number of carboxylic acid groups (broad SMARTS) is 1. The van der Waals surface area contributed by atoms with Gasteiger partial charge in [-0.2, -0.15) is 18.3 Å². The van der Waals surface area contributed by atoms with Crippen LogP contribution in [0.3, 0.4) is 0 Å². The fourth-order valence-electron chi connectivity index (χ4n) is 4.28. The average Bonchev–Trinajstić information content (AvgIpc) is 3.50. The number of H-pyrrole nitrogens is 1. The quantitative estimate of drug-likeness (QED) is 0.282. The fourth-order valence-corrected chi connectivity index (χ4v) is 4.28. The van der Waals surface area contributed by atoms with Gasteiger partial charge in [-0.15, -0.1) is 0 Å². The number of hydrogen-bond acceptors (Lipinski definition) is 2. The number of aliphatic carboxylic acids is 1. The number of hydrogen-bond donors (Lipinski definition) is 2. The van der Waals surface area contributed by atoms with Crippen molar-refractivity contribution in [3.8, 4) is 33.6 Å². The minimum Gasteiger partial charge on any atom is -0.481 e. The predicted octanol–water partition coefficient (Wildman–Crippen LogP) is 6.86. The van der Waals surface area contributed by atoms with Crippen molar-refractivity contribution in [2.45, 2.75) is 19.1 Å². The lowest BCUT2D eigenvalue weighted by atomic mass is 9.96. The first-order valence-corrected chi connectivity index (χ1v) is 10.9. The third-order valence-electron chi connectivity index (χ3n) is 5.95. The Morgan fingerprint density at radius 3 is 2.46 bits per heavy atom. The summed E-state index contributed by atoms with van der Waals surface area (Å²) in [7, 11) is 0. The predicted molar refractivity (Wildman–Crippen MR) is 128 cm³/mol. The van der Waals surface area contributed by atoms with Crippen molar-refractivity contribution in [2.75, 3.05) is 0 Å². The zero-order valence-corrected chi connectivity index (χ0v) is 18.4. The number of carbonyl (C=O) groups is 1. The van der Waals surface area contributed by atoms with Gasteiger partial charge in [0, 0.05) is 34.8 Å². The van der Waals surface area contributed by atoms with Gasteiger partial charge in [-0.3, -0.25) is 9.89 Å². The maximum Gasteiger partial charge on any atom is 0.417 e. The van der Waals surface area contributed by atoms with Crippen molar-refractivity contribution in [3.63, 3.8) is 0 Å². The summed E-state index contributed by atoms with van der Waals surface area (Å²) in [6, 6.07) is 22.0. The Morgan fingerprint density at radius 2 is 1.71 bits per heavy atom. The first-order valence-electron chi connectivity index (χ1n) is 10.9. The Balaban J connectivity index is 1.53. The summed E-state index contributed by atoms with van der Waals surface area (Å²) in [5.74, 6) is -0.877. The molecule has 176 valence electrons. The second-order valence-corrected chi connectivity index (χ2v) is 8.18. The van der Waals surface area contributed by atoms with Crippen LogP contribution in [0.15, 0.2) is 85.1 Å². The Morgan fingerprint density at radius 1 is 0.914 bits per heavy atom. The lowest BCUT2D eigenvalue weighted by Gasteiger charge is -2.14. The Labute approximate surface area is 198 Å². The number of halogens is 3. The molecule has 8 heteroatoms. The SMILES string of the molecule is O=C(O)CCn1ccc2c(-c3cc(-c4ccc(-c5ccccc5)c(C(F)(F)F)c4)n[nH]3)cccc21. The summed E-state index contributed by atoms with van der Waals surface area (Å²) in [5.41, 5.74) is 2.99. The summed E-state index contributed by atoms with van der Waals surface area (Å²) in [6.45, 7) is 0.338. The van der Waals surface area contributed by atoms with Crippen LogP contribution >= 0.6 is 0 Å². The molecule has 0 saturated carbocycles. The molecular formula is C27H20F3N3O2. The third-order valence-corrected chi connectivity index (χ3v) is 5.95. The molecule has 2 N–H and O–H groups in total. The van der Waals surface area contributed by atoms with E-state index in [1.807, 2.05) is 35.0 Å². The van der Waals surface area contributed by atoms with E-state index >= 15 is 0 Å². The molecule has 0 aliphatic heterocycles. The number of benzene rings is 3. The minimum absolute atomic E-state index is 0.00271. The van der Waals surface area contributed by atoms with Crippen LogP contribution in [-0.4, -0.2) is 25.8 Å². The molecule has 5 rings (SSSR count). The molecule has 0 aliphatic carbocycles. The number of aromatic nitrogens is 3. The Bertz CT molecular complexity index is 1520. The van der Waals surface area contributed by atoms with Gasteiger partial charge >= 0.3 is 12.1 Å². The van der Waals surface area contributed by atoms with Crippen LogP contribution < -0.4 is 0 Å². The molecule has 0 aliphatic rings. The summed E-state index contributed by atoms with van der Waals surface area (Å²) in [4.78, 5) is 10.9. The van der Waals surface area contributed by atoms with Crippen molar-refractivity contribution in [1.82, 2.24) is 14.8 Å². The number of carboxylic acids is 1. The second kappa shape index (κ2) is 8.79. The highest BCUT2D eigenvalue weighted by atomic mass is 19.4. The normalized spacial score (nSPS) is 11.7. The molecule has 35 heavy (non-hydrogen) atoms. The summed E-state index contributed by atoms with van der Waals surface area (Å²) < 4.78 is 43.6. The highest BCUT2D eigenvalue weighted by Gasteiger charge is 2.34. The van der Waals surface area contributed by atoms with E-state index in [1.165, 1.54) is 6.07 Å². The molecule has 0 unspecified atom stereocenters. The largest absolute Gasteiger partial charge is 0.481 e. The molecule has 2 heterocycles. The van der Waals surface area contributed by atoms with E-state index in [-0.39, 0.29) is 12.0 Å². The maximum atomic E-state index is 13.9. The van der Waals surface area contributed by atoms with Crippen LogP contribution in [0, 0.1) is 0 Å². The third kappa shape index (κ3) is 4.42. The molecule has 0 radical (unpaired) electrons. The van der Waals surface area contributed by atoms with E-state index in [1.54, 1.807) is 42.5 Å². The molecule has 0 fully saturated rings. The Hall–Kier alpha value is -4.33. The van der Waals surface area contributed by atoms with E-state index < -0.39 is 17.7 Å². The van der Waals surface area contributed by atoms with Crippen LogP contribution in [-0.2, 0) is 17.5 Å². The number of nitrogens with one attached hydrogen (secondary N) is 1. The van der Waals surface area contributed by atoms with Gasteiger partial charge in [-0.1, -0.05) is 54.6 Å². The van der Waals surface area contributed by atoms with Crippen molar-refractivity contribution in [1.29, 1.82) is 0 Å². The highest BCUT2D eigenvalue weighted by molar-refractivity contribution is 5.95. The smallest absolute Gasteiger partial charge is 0.417 e. The van der Waals surface area contributed by atoms with Gasteiger partial charge in [0.05, 0.1) is 23.4 Å². The average molecular weight is 475 g/mol. The van der Waals surface area contributed by atoms with Crippen molar-refractivity contribution < 1.29 is 23.1 Å². The van der Waals surface area contributed by atoms with Gasteiger partial charge in [-0.05, 0) is 35.4 Å². The summed E-state index contributed by atoms with van der Waals surface area (Å²) in [6.07, 6.45) is -2.69. The van der Waals surface area contributed by atoms with Gasteiger partial charge < -0.3 is 9.67 Å². The van der Waals surface area contributed by atoms with Crippen molar-refractivity contribution >= 4 is 16.9 Å². The van der Waals surface area contributed by atoms with Crippen LogP contribution in [0.2, 0.25) is 0 Å². The van der Waals surface area contributed by atoms with Crippen molar-refractivity contribution in [2.24, 2.45) is 0 Å². The van der Waals surface area contributed by atoms with Gasteiger partial charge in [0.1, 0.15) is 0 Å². The number of aryl methyl sites for hydroxylation is 1. The summed E-state index contributed by atoms with van der Waals surface area (Å²) >= 11 is 0. The van der Waals surface area contributed by atoms with Crippen LogP contribution in [0.25, 0.3) is 44.5 Å². The van der Waals surface area contributed by atoms with Gasteiger partial charge in [0.15, 0.2) is 0 Å². The molecule has 0 bridgehead atoms. The van der Waals surface area contributed by atoms with Gasteiger partial charge in [0.2, 0.25) is 0 Å². The first-order chi connectivity index (χ1) is 16.8. The second-order valence-electron chi connectivity index (χ2n) is 8.18. The minimum atomic E-state index is -4.52. The zero-order valence-electron chi connectivity index (χ0n) is 18.4.